The molecule has 1 unspecified atom stereocenters. The molecule has 4 nitrogen and oxygen atoms in total. The maximum Gasteiger partial charge on any atom is 0.273 e. The van der Waals surface area contributed by atoms with E-state index in [2.05, 4.69) is 0 Å². The van der Waals surface area contributed by atoms with Crippen LogP contribution < -0.4 is 0 Å². The molecule has 0 fully saturated rings. The average molecular weight is 217 g/mol. The van der Waals surface area contributed by atoms with Crippen molar-refractivity contribution in [3.63, 3.8) is 0 Å². The number of hydrogen-bond acceptors (Lipinski definition) is 3. The van der Waals surface area contributed by atoms with E-state index < -0.39 is 6.04 Å². The van der Waals surface area contributed by atoms with Crippen molar-refractivity contribution in [1.29, 1.82) is 0 Å². The van der Waals surface area contributed by atoms with Crippen LogP contribution in [0.15, 0.2) is 53.1 Å². The van der Waals surface area contributed by atoms with Gasteiger partial charge in [0.1, 0.15) is 0 Å². The second-order valence-electron chi connectivity index (χ2n) is 3.51. The van der Waals surface area contributed by atoms with Gasteiger partial charge < -0.3 is 4.42 Å². The van der Waals surface area contributed by atoms with E-state index in [0.29, 0.717) is 12.2 Å². The van der Waals surface area contributed by atoms with E-state index in [1.165, 1.54) is 6.26 Å². The Hall–Kier alpha value is -2.10. The lowest BCUT2D eigenvalue weighted by atomic mass is 10.0. The van der Waals surface area contributed by atoms with Crippen molar-refractivity contribution in [1.82, 2.24) is 0 Å². The van der Waals surface area contributed by atoms with Crippen molar-refractivity contribution in [3.05, 3.63) is 70.2 Å². The molecule has 0 amide bonds. The van der Waals surface area contributed by atoms with Crippen molar-refractivity contribution in [2.24, 2.45) is 0 Å². The normalized spacial score (nSPS) is 12.2. The van der Waals surface area contributed by atoms with Crippen LogP contribution in [-0.2, 0) is 6.42 Å². The number of rotatable bonds is 4. The van der Waals surface area contributed by atoms with Crippen LogP contribution in [0.5, 0.6) is 0 Å². The molecule has 0 saturated carbocycles. The molecule has 0 bridgehead atoms. The largest absolute Gasteiger partial charge is 0.462 e. The standard InChI is InChI=1S/C12H11NO3/c14-13(15)11(12-7-4-8-16-12)9-10-5-2-1-3-6-10/h1-8,11H,9H2. The van der Waals surface area contributed by atoms with Crippen LogP contribution in [0.2, 0.25) is 0 Å². The van der Waals surface area contributed by atoms with E-state index in [1.807, 2.05) is 30.3 Å². The Labute approximate surface area is 92.7 Å². The predicted octanol–water partition coefficient (Wildman–Crippen LogP) is 2.84. The predicted molar refractivity (Wildman–Crippen MR) is 58.6 cm³/mol. The summed E-state index contributed by atoms with van der Waals surface area (Å²) in [7, 11) is 0. The Bertz CT molecular complexity index is 450. The zero-order valence-electron chi connectivity index (χ0n) is 8.58. The molecule has 0 N–H and O–H groups in total. The first-order chi connectivity index (χ1) is 7.77. The highest BCUT2D eigenvalue weighted by atomic mass is 16.6. The molecule has 0 radical (unpaired) electrons. The Morgan fingerprint density at radius 3 is 2.50 bits per heavy atom. The summed E-state index contributed by atoms with van der Waals surface area (Å²) in [6, 6.07) is 11.9. The zero-order valence-corrected chi connectivity index (χ0v) is 8.58. The molecule has 0 saturated heterocycles. The van der Waals surface area contributed by atoms with Crippen molar-refractivity contribution in [3.8, 4) is 0 Å². The first-order valence-electron chi connectivity index (χ1n) is 4.98. The molecule has 1 atom stereocenters. The van der Waals surface area contributed by atoms with Crippen molar-refractivity contribution >= 4 is 0 Å². The molecule has 1 heterocycles. The molecule has 82 valence electrons. The minimum Gasteiger partial charge on any atom is -0.462 e. The number of nitrogens with zero attached hydrogens (tertiary/aromatic N) is 1. The van der Waals surface area contributed by atoms with Crippen LogP contribution in [0.1, 0.15) is 17.4 Å². The van der Waals surface area contributed by atoms with Crippen LogP contribution in [-0.4, -0.2) is 4.92 Å². The first kappa shape index (κ1) is 10.4. The van der Waals surface area contributed by atoms with E-state index in [0.717, 1.165) is 5.56 Å². The fourth-order valence-corrected chi connectivity index (χ4v) is 1.60. The molecular weight excluding hydrogens is 206 g/mol. The number of benzene rings is 1. The van der Waals surface area contributed by atoms with Gasteiger partial charge in [-0.15, -0.1) is 0 Å². The average Bonchev–Trinajstić information content (AvgIpc) is 2.80. The van der Waals surface area contributed by atoms with Crippen LogP contribution in [0.25, 0.3) is 0 Å². The van der Waals surface area contributed by atoms with E-state index in [9.17, 15) is 10.1 Å². The minimum absolute atomic E-state index is 0.314. The maximum absolute atomic E-state index is 10.9. The Morgan fingerprint density at radius 2 is 1.94 bits per heavy atom. The minimum atomic E-state index is -0.808. The van der Waals surface area contributed by atoms with Gasteiger partial charge in [0.15, 0.2) is 5.76 Å². The second kappa shape index (κ2) is 4.61. The van der Waals surface area contributed by atoms with Crippen LogP contribution in [0, 0.1) is 10.1 Å². The molecule has 4 heteroatoms. The van der Waals surface area contributed by atoms with Crippen LogP contribution >= 0.6 is 0 Å². The van der Waals surface area contributed by atoms with Gasteiger partial charge in [0.2, 0.25) is 0 Å². The summed E-state index contributed by atoms with van der Waals surface area (Å²) in [6.07, 6.45) is 1.80. The highest BCUT2D eigenvalue weighted by molar-refractivity contribution is 5.17. The van der Waals surface area contributed by atoms with Gasteiger partial charge in [-0.05, 0) is 17.7 Å². The van der Waals surface area contributed by atoms with Crippen molar-refractivity contribution < 1.29 is 9.34 Å². The zero-order chi connectivity index (χ0) is 11.4. The second-order valence-corrected chi connectivity index (χ2v) is 3.51. The molecule has 1 aromatic carbocycles. The third kappa shape index (κ3) is 2.28. The molecule has 0 aliphatic heterocycles. The van der Waals surface area contributed by atoms with E-state index in [1.54, 1.807) is 12.1 Å². The third-order valence-corrected chi connectivity index (χ3v) is 2.40. The third-order valence-electron chi connectivity index (χ3n) is 2.40. The Kier molecular flexibility index (Phi) is 3.00. The topological polar surface area (TPSA) is 56.3 Å². The highest BCUT2D eigenvalue weighted by Crippen LogP contribution is 2.21. The van der Waals surface area contributed by atoms with E-state index in [-0.39, 0.29) is 4.92 Å². The first-order valence-corrected chi connectivity index (χ1v) is 4.98. The number of hydrogen-bond donors (Lipinski definition) is 0. The molecule has 2 aromatic rings. The van der Waals surface area contributed by atoms with Gasteiger partial charge in [0.25, 0.3) is 6.04 Å². The van der Waals surface area contributed by atoms with Gasteiger partial charge in [-0.2, -0.15) is 0 Å². The summed E-state index contributed by atoms with van der Waals surface area (Å²) in [5.41, 5.74) is 0.931. The van der Waals surface area contributed by atoms with E-state index >= 15 is 0 Å². The maximum atomic E-state index is 10.9. The lowest BCUT2D eigenvalue weighted by Crippen LogP contribution is -2.12. The lowest BCUT2D eigenvalue weighted by Gasteiger charge is -2.06. The number of nitro groups is 1. The molecule has 0 spiro atoms. The summed E-state index contributed by atoms with van der Waals surface area (Å²) in [5, 5.41) is 10.9. The molecule has 1 aromatic heterocycles. The van der Waals surface area contributed by atoms with Gasteiger partial charge in [-0.3, -0.25) is 10.1 Å². The monoisotopic (exact) mass is 217 g/mol. The van der Waals surface area contributed by atoms with Gasteiger partial charge in [0.05, 0.1) is 6.26 Å². The summed E-state index contributed by atoms with van der Waals surface area (Å²) in [5.74, 6) is 0.397. The summed E-state index contributed by atoms with van der Waals surface area (Å²) in [4.78, 5) is 10.6. The Morgan fingerprint density at radius 1 is 1.19 bits per heavy atom. The summed E-state index contributed by atoms with van der Waals surface area (Å²) < 4.78 is 5.09. The molecule has 16 heavy (non-hydrogen) atoms. The molecule has 2 rings (SSSR count). The quantitative estimate of drug-likeness (QED) is 0.584. The van der Waals surface area contributed by atoms with Gasteiger partial charge in [-0.1, -0.05) is 30.3 Å². The van der Waals surface area contributed by atoms with Crippen molar-refractivity contribution in [2.45, 2.75) is 12.5 Å². The molecule has 0 aliphatic rings. The van der Waals surface area contributed by atoms with Crippen LogP contribution in [0.4, 0.5) is 0 Å². The van der Waals surface area contributed by atoms with Crippen molar-refractivity contribution in [2.75, 3.05) is 0 Å². The van der Waals surface area contributed by atoms with E-state index in [4.69, 9.17) is 4.42 Å². The SMILES string of the molecule is O=[N+]([O-])C(Cc1ccccc1)c1ccco1. The smallest absolute Gasteiger partial charge is 0.273 e. The molecular formula is C12H11NO3. The highest BCUT2D eigenvalue weighted by Gasteiger charge is 2.25. The van der Waals surface area contributed by atoms with Gasteiger partial charge >= 0.3 is 0 Å². The van der Waals surface area contributed by atoms with Gasteiger partial charge in [-0.25, -0.2) is 0 Å². The fraction of sp³-hybridized carbons (Fsp3) is 0.167. The van der Waals surface area contributed by atoms with Crippen LogP contribution in [0.3, 0.4) is 0 Å². The lowest BCUT2D eigenvalue weighted by molar-refractivity contribution is -0.531. The number of furan rings is 1. The van der Waals surface area contributed by atoms with Gasteiger partial charge in [0, 0.05) is 11.3 Å². The Balaban J connectivity index is 2.19. The summed E-state index contributed by atoms with van der Waals surface area (Å²) in [6.45, 7) is 0. The fourth-order valence-electron chi connectivity index (χ4n) is 1.60. The summed E-state index contributed by atoms with van der Waals surface area (Å²) >= 11 is 0. The molecule has 0 aliphatic carbocycles.